The van der Waals surface area contributed by atoms with E-state index in [2.05, 4.69) is 76.1 Å². The molecule has 4 rings (SSSR count). The highest BCUT2D eigenvalue weighted by atomic mass is 79.9. The summed E-state index contributed by atoms with van der Waals surface area (Å²) < 4.78 is 8.72. The zero-order chi connectivity index (χ0) is 21.4. The molecular formula is C24H22BrN3O2. The molecule has 30 heavy (non-hydrogen) atoms. The SMILES string of the molecule is Cc1ccc(-n2c(C)cc(/C=N/NC(=O)c3cc4cc(Br)ccc4o3)c2C)cc1C. The van der Waals surface area contributed by atoms with E-state index in [1.54, 1.807) is 12.3 Å². The number of carbonyl (C=O) groups excluding carboxylic acids is 1. The van der Waals surface area contributed by atoms with Gasteiger partial charge in [0.25, 0.3) is 0 Å². The lowest BCUT2D eigenvalue weighted by Crippen LogP contribution is -2.16. The Balaban J connectivity index is 1.53. The van der Waals surface area contributed by atoms with Gasteiger partial charge in [0, 0.05) is 32.5 Å². The molecule has 0 bridgehead atoms. The van der Waals surface area contributed by atoms with Crippen molar-refractivity contribution in [2.45, 2.75) is 27.7 Å². The van der Waals surface area contributed by atoms with Crippen molar-refractivity contribution in [2.75, 3.05) is 0 Å². The fourth-order valence-corrected chi connectivity index (χ4v) is 3.90. The average molecular weight is 464 g/mol. The summed E-state index contributed by atoms with van der Waals surface area (Å²) in [7, 11) is 0. The van der Waals surface area contributed by atoms with E-state index in [-0.39, 0.29) is 11.7 Å². The lowest BCUT2D eigenvalue weighted by atomic mass is 10.1. The van der Waals surface area contributed by atoms with Gasteiger partial charge in [-0.1, -0.05) is 22.0 Å². The molecule has 1 amide bonds. The third-order valence-electron chi connectivity index (χ3n) is 5.29. The number of amides is 1. The van der Waals surface area contributed by atoms with E-state index in [4.69, 9.17) is 4.42 Å². The molecule has 1 N–H and O–H groups in total. The van der Waals surface area contributed by atoms with Gasteiger partial charge in [0.2, 0.25) is 0 Å². The van der Waals surface area contributed by atoms with Crippen LogP contribution in [0.2, 0.25) is 0 Å². The second kappa shape index (κ2) is 7.95. The second-order valence-electron chi connectivity index (χ2n) is 7.42. The first kappa shape index (κ1) is 20.2. The number of hydrazone groups is 1. The third kappa shape index (κ3) is 3.83. The minimum Gasteiger partial charge on any atom is -0.451 e. The number of nitrogens with one attached hydrogen (secondary N) is 1. The van der Waals surface area contributed by atoms with E-state index in [9.17, 15) is 4.79 Å². The van der Waals surface area contributed by atoms with Crippen LogP contribution in [0.3, 0.4) is 0 Å². The van der Waals surface area contributed by atoms with Gasteiger partial charge < -0.3 is 8.98 Å². The van der Waals surface area contributed by atoms with Gasteiger partial charge in [-0.2, -0.15) is 5.10 Å². The Morgan fingerprint density at radius 3 is 2.60 bits per heavy atom. The molecule has 0 spiro atoms. The van der Waals surface area contributed by atoms with Crippen LogP contribution in [-0.2, 0) is 0 Å². The Bertz CT molecular complexity index is 1300. The summed E-state index contributed by atoms with van der Waals surface area (Å²) in [6, 6.07) is 15.8. The van der Waals surface area contributed by atoms with Crippen molar-refractivity contribution >= 4 is 39.0 Å². The van der Waals surface area contributed by atoms with Crippen LogP contribution < -0.4 is 5.43 Å². The molecule has 0 aliphatic rings. The molecule has 2 heterocycles. The summed E-state index contributed by atoms with van der Waals surface area (Å²) in [5, 5.41) is 5.00. The van der Waals surface area contributed by atoms with Crippen LogP contribution in [0.25, 0.3) is 16.7 Å². The van der Waals surface area contributed by atoms with E-state index in [0.717, 1.165) is 32.5 Å². The van der Waals surface area contributed by atoms with Gasteiger partial charge in [0.05, 0.1) is 6.21 Å². The van der Waals surface area contributed by atoms with Crippen molar-refractivity contribution in [3.8, 4) is 5.69 Å². The highest BCUT2D eigenvalue weighted by Gasteiger charge is 2.13. The van der Waals surface area contributed by atoms with Crippen molar-refractivity contribution in [3.63, 3.8) is 0 Å². The van der Waals surface area contributed by atoms with Crippen LogP contribution in [0.1, 0.15) is 38.6 Å². The topological polar surface area (TPSA) is 59.5 Å². The van der Waals surface area contributed by atoms with Gasteiger partial charge in [0.15, 0.2) is 5.76 Å². The van der Waals surface area contributed by atoms with Crippen molar-refractivity contribution in [1.82, 2.24) is 9.99 Å². The Morgan fingerprint density at radius 1 is 1.03 bits per heavy atom. The fourth-order valence-electron chi connectivity index (χ4n) is 3.52. The van der Waals surface area contributed by atoms with Crippen LogP contribution in [-0.4, -0.2) is 16.7 Å². The Labute approximate surface area is 183 Å². The molecule has 0 aliphatic carbocycles. The molecular weight excluding hydrogens is 442 g/mol. The van der Waals surface area contributed by atoms with Gasteiger partial charge >= 0.3 is 5.91 Å². The predicted molar refractivity (Wildman–Crippen MR) is 124 cm³/mol. The van der Waals surface area contributed by atoms with Crippen molar-refractivity contribution in [2.24, 2.45) is 5.10 Å². The standard InChI is InChI=1S/C24H22BrN3O2/c1-14-5-7-21(9-15(14)2)28-16(3)10-19(17(28)4)13-26-27-24(29)23-12-18-11-20(25)6-8-22(18)30-23/h5-13H,1-4H3,(H,27,29)/b26-13+. The van der Waals surface area contributed by atoms with Crippen LogP contribution >= 0.6 is 15.9 Å². The maximum Gasteiger partial charge on any atom is 0.307 e. The lowest BCUT2D eigenvalue weighted by Gasteiger charge is -2.11. The normalized spacial score (nSPS) is 11.5. The van der Waals surface area contributed by atoms with Crippen LogP contribution in [0, 0.1) is 27.7 Å². The molecule has 152 valence electrons. The first-order chi connectivity index (χ1) is 14.3. The van der Waals surface area contributed by atoms with Gasteiger partial charge in [0.1, 0.15) is 5.58 Å². The number of benzene rings is 2. The largest absolute Gasteiger partial charge is 0.451 e. The quantitative estimate of drug-likeness (QED) is 0.298. The number of hydrogen-bond acceptors (Lipinski definition) is 3. The zero-order valence-corrected chi connectivity index (χ0v) is 18.9. The van der Waals surface area contributed by atoms with Crippen molar-refractivity contribution in [3.05, 3.63) is 86.8 Å². The maximum absolute atomic E-state index is 12.4. The van der Waals surface area contributed by atoms with Crippen LogP contribution in [0.4, 0.5) is 0 Å². The predicted octanol–water partition coefficient (Wildman–Crippen LogP) is 5.98. The molecule has 0 aliphatic heterocycles. The van der Waals surface area contributed by atoms with Gasteiger partial charge in [-0.15, -0.1) is 0 Å². The molecule has 6 heteroatoms. The van der Waals surface area contributed by atoms with E-state index >= 15 is 0 Å². The highest BCUT2D eigenvalue weighted by molar-refractivity contribution is 9.10. The number of aromatic nitrogens is 1. The summed E-state index contributed by atoms with van der Waals surface area (Å²) in [6.07, 6.45) is 1.66. The van der Waals surface area contributed by atoms with Crippen molar-refractivity contribution in [1.29, 1.82) is 0 Å². The average Bonchev–Trinajstić information content (AvgIpc) is 3.24. The molecule has 4 aromatic rings. The number of hydrogen-bond donors (Lipinski definition) is 1. The van der Waals surface area contributed by atoms with Crippen LogP contribution in [0.15, 0.2) is 62.5 Å². The first-order valence-corrected chi connectivity index (χ1v) is 10.4. The van der Waals surface area contributed by atoms with E-state index in [1.807, 2.05) is 25.1 Å². The Morgan fingerprint density at radius 2 is 1.83 bits per heavy atom. The molecule has 0 atom stereocenters. The van der Waals surface area contributed by atoms with Crippen molar-refractivity contribution < 1.29 is 9.21 Å². The summed E-state index contributed by atoms with van der Waals surface area (Å²) in [6.45, 7) is 8.32. The molecule has 0 fully saturated rings. The number of carbonyl (C=O) groups is 1. The number of nitrogens with zero attached hydrogens (tertiary/aromatic N) is 2. The minimum absolute atomic E-state index is 0.223. The zero-order valence-electron chi connectivity index (χ0n) is 17.3. The molecule has 2 aromatic heterocycles. The van der Waals surface area contributed by atoms with Gasteiger partial charge in [-0.25, -0.2) is 5.43 Å². The summed E-state index contributed by atoms with van der Waals surface area (Å²) in [5.41, 5.74) is 9.95. The molecule has 0 saturated carbocycles. The summed E-state index contributed by atoms with van der Waals surface area (Å²) in [4.78, 5) is 12.4. The van der Waals surface area contributed by atoms with Gasteiger partial charge in [-0.05, 0) is 81.3 Å². The number of furan rings is 1. The lowest BCUT2D eigenvalue weighted by molar-refractivity contribution is 0.0929. The number of fused-ring (bicyclic) bond motifs is 1. The second-order valence-corrected chi connectivity index (χ2v) is 8.34. The molecule has 0 saturated heterocycles. The highest BCUT2D eigenvalue weighted by Crippen LogP contribution is 2.24. The molecule has 0 radical (unpaired) electrons. The fraction of sp³-hybridized carbons (Fsp3) is 0.167. The van der Waals surface area contributed by atoms with E-state index in [1.165, 1.54) is 11.1 Å². The minimum atomic E-state index is -0.387. The summed E-state index contributed by atoms with van der Waals surface area (Å²) in [5.74, 6) is -0.164. The Hall–Kier alpha value is -3.12. The number of halogens is 1. The van der Waals surface area contributed by atoms with E-state index in [0.29, 0.717) is 5.58 Å². The summed E-state index contributed by atoms with van der Waals surface area (Å²) >= 11 is 3.42. The monoisotopic (exact) mass is 463 g/mol. The Kier molecular flexibility index (Phi) is 5.35. The first-order valence-electron chi connectivity index (χ1n) is 9.62. The number of rotatable bonds is 4. The number of aryl methyl sites for hydroxylation is 3. The van der Waals surface area contributed by atoms with Gasteiger partial charge in [-0.3, -0.25) is 4.79 Å². The molecule has 5 nitrogen and oxygen atoms in total. The third-order valence-corrected chi connectivity index (χ3v) is 5.78. The maximum atomic E-state index is 12.4. The van der Waals surface area contributed by atoms with Crippen LogP contribution in [0.5, 0.6) is 0 Å². The molecule has 2 aromatic carbocycles. The molecule has 0 unspecified atom stereocenters. The smallest absolute Gasteiger partial charge is 0.307 e. The van der Waals surface area contributed by atoms with E-state index < -0.39 is 0 Å².